The average molecular weight is 247 g/mol. The number of aromatic nitrogens is 1. The molecule has 2 nitrogen and oxygen atoms in total. The van der Waals surface area contributed by atoms with Crippen molar-refractivity contribution in [3.05, 3.63) is 29.5 Å². The highest BCUT2D eigenvalue weighted by Gasteiger charge is 2.26. The van der Waals surface area contributed by atoms with Crippen LogP contribution >= 0.6 is 0 Å². The number of rotatable bonds is 3. The van der Waals surface area contributed by atoms with Crippen LogP contribution in [0.2, 0.25) is 0 Å². The Hall–Kier alpha value is -1.31. The van der Waals surface area contributed by atoms with E-state index in [9.17, 15) is 0 Å². The van der Waals surface area contributed by atoms with Crippen LogP contribution in [-0.4, -0.2) is 5.16 Å². The fraction of sp³-hybridized carbons (Fsp3) is 0.562. The third-order valence-electron chi connectivity index (χ3n) is 3.14. The number of hydrogen-bond donors (Lipinski definition) is 0. The van der Waals surface area contributed by atoms with Gasteiger partial charge in [0.05, 0.1) is 5.69 Å². The fourth-order valence-corrected chi connectivity index (χ4v) is 2.28. The minimum Gasteiger partial charge on any atom is -0.356 e. The minimum absolute atomic E-state index is 0.0911. The number of nitrogens with zero attached hydrogens (tertiary/aromatic N) is 1. The molecule has 0 bridgehead atoms. The van der Waals surface area contributed by atoms with Crippen molar-refractivity contribution in [2.75, 3.05) is 0 Å². The predicted octanol–water partition coefficient (Wildman–Crippen LogP) is 5.24. The van der Waals surface area contributed by atoms with Crippen molar-refractivity contribution in [2.45, 2.75) is 59.8 Å². The maximum Gasteiger partial charge on any atom is 0.167 e. The van der Waals surface area contributed by atoms with Gasteiger partial charge in [-0.05, 0) is 25.5 Å². The lowest BCUT2D eigenvalue weighted by Gasteiger charge is -2.21. The zero-order valence-electron chi connectivity index (χ0n) is 12.5. The van der Waals surface area contributed by atoms with Crippen LogP contribution in [-0.2, 0) is 5.41 Å². The molecule has 2 rings (SSSR count). The van der Waals surface area contributed by atoms with Gasteiger partial charge < -0.3 is 4.52 Å². The monoisotopic (exact) mass is 247 g/mol. The summed E-state index contributed by atoms with van der Waals surface area (Å²) in [7, 11) is 0. The molecule has 0 aliphatic heterocycles. The van der Waals surface area contributed by atoms with Crippen molar-refractivity contribution >= 4 is 11.0 Å². The smallest absolute Gasteiger partial charge is 0.167 e. The summed E-state index contributed by atoms with van der Waals surface area (Å²) in [5.74, 6) is 0. The molecule has 0 saturated carbocycles. The van der Waals surface area contributed by atoms with E-state index < -0.39 is 0 Å². The molecule has 0 aliphatic carbocycles. The molecule has 0 aliphatic rings. The van der Waals surface area contributed by atoms with E-state index in [0.717, 1.165) is 24.1 Å². The van der Waals surface area contributed by atoms with Crippen LogP contribution in [0.5, 0.6) is 0 Å². The third-order valence-corrected chi connectivity index (χ3v) is 3.14. The van der Waals surface area contributed by atoms with E-state index in [4.69, 9.17) is 4.52 Å². The quantitative estimate of drug-likeness (QED) is 0.741. The van der Waals surface area contributed by atoms with Gasteiger partial charge in [-0.15, -0.1) is 0 Å². The Kier molecular flexibility index (Phi) is 4.94. The molecular formula is C16H25NO. The van der Waals surface area contributed by atoms with Crippen LogP contribution in [0.3, 0.4) is 0 Å². The van der Waals surface area contributed by atoms with Crippen molar-refractivity contribution in [3.63, 3.8) is 0 Å². The van der Waals surface area contributed by atoms with Crippen molar-refractivity contribution in [2.24, 2.45) is 0 Å². The fourth-order valence-electron chi connectivity index (χ4n) is 2.28. The number of fused-ring (bicyclic) bond motifs is 1. The first-order valence-corrected chi connectivity index (χ1v) is 6.91. The maximum absolute atomic E-state index is 5.39. The van der Waals surface area contributed by atoms with Crippen molar-refractivity contribution in [1.29, 1.82) is 0 Å². The SMILES string of the molecule is CC.CCCC(C)(C)c1noc2ccc(C)cc12. The second-order valence-corrected chi connectivity index (χ2v) is 5.16. The van der Waals surface area contributed by atoms with Crippen molar-refractivity contribution < 1.29 is 4.52 Å². The van der Waals surface area contributed by atoms with Gasteiger partial charge in [-0.25, -0.2) is 0 Å². The molecule has 0 fully saturated rings. The molecule has 18 heavy (non-hydrogen) atoms. The molecule has 0 saturated heterocycles. The summed E-state index contributed by atoms with van der Waals surface area (Å²) in [6, 6.07) is 6.23. The Morgan fingerprint density at radius 2 is 1.89 bits per heavy atom. The summed E-state index contributed by atoms with van der Waals surface area (Å²) < 4.78 is 5.39. The lowest BCUT2D eigenvalue weighted by molar-refractivity contribution is 0.392. The lowest BCUT2D eigenvalue weighted by Crippen LogP contribution is -2.17. The first-order chi connectivity index (χ1) is 8.54. The van der Waals surface area contributed by atoms with E-state index in [2.05, 4.69) is 45.0 Å². The Bertz CT molecular complexity index is 497. The van der Waals surface area contributed by atoms with Crippen molar-refractivity contribution in [1.82, 2.24) is 5.16 Å². The molecule has 0 N–H and O–H groups in total. The van der Waals surface area contributed by atoms with Crippen LogP contribution in [0.15, 0.2) is 22.7 Å². The summed E-state index contributed by atoms with van der Waals surface area (Å²) in [4.78, 5) is 0. The zero-order valence-corrected chi connectivity index (χ0v) is 12.5. The van der Waals surface area contributed by atoms with E-state index >= 15 is 0 Å². The first-order valence-electron chi connectivity index (χ1n) is 6.91. The maximum atomic E-state index is 5.39. The molecule has 1 aromatic heterocycles. The summed E-state index contributed by atoms with van der Waals surface area (Å²) in [6.45, 7) is 12.8. The Labute approximate surface area is 110 Å². The largest absolute Gasteiger partial charge is 0.356 e. The molecule has 1 aromatic carbocycles. The van der Waals surface area contributed by atoms with Crippen LogP contribution in [0.1, 0.15) is 58.7 Å². The first kappa shape index (κ1) is 14.7. The van der Waals surface area contributed by atoms with E-state index in [1.165, 1.54) is 10.9 Å². The van der Waals surface area contributed by atoms with Gasteiger partial charge in [-0.2, -0.15) is 0 Å². The third kappa shape index (κ3) is 2.92. The summed E-state index contributed by atoms with van der Waals surface area (Å²) in [6.07, 6.45) is 2.29. The topological polar surface area (TPSA) is 26.0 Å². The van der Waals surface area contributed by atoms with E-state index in [1.54, 1.807) is 0 Å². The van der Waals surface area contributed by atoms with E-state index in [0.29, 0.717) is 0 Å². The van der Waals surface area contributed by atoms with E-state index in [-0.39, 0.29) is 5.41 Å². The predicted molar refractivity (Wildman–Crippen MR) is 78.0 cm³/mol. The van der Waals surface area contributed by atoms with Crippen LogP contribution in [0.25, 0.3) is 11.0 Å². The highest BCUT2D eigenvalue weighted by atomic mass is 16.5. The molecule has 0 radical (unpaired) electrons. The van der Waals surface area contributed by atoms with Gasteiger partial charge >= 0.3 is 0 Å². The molecular weight excluding hydrogens is 222 g/mol. The molecule has 0 atom stereocenters. The molecule has 100 valence electrons. The normalized spacial score (nSPS) is 11.2. The van der Waals surface area contributed by atoms with Gasteiger partial charge in [0, 0.05) is 10.8 Å². The number of aryl methyl sites for hydroxylation is 1. The Balaban J connectivity index is 0.000000771. The average Bonchev–Trinajstić information content (AvgIpc) is 2.75. The van der Waals surface area contributed by atoms with Crippen molar-refractivity contribution in [3.8, 4) is 0 Å². The molecule has 0 spiro atoms. The second kappa shape index (κ2) is 6.03. The standard InChI is InChI=1S/C14H19NO.C2H6/c1-5-8-14(3,4)13-11-9-10(2)6-7-12(11)16-15-13;1-2/h6-7,9H,5,8H2,1-4H3;1-2H3. The van der Waals surface area contributed by atoms with Gasteiger partial charge in [0.15, 0.2) is 5.58 Å². The molecule has 2 heteroatoms. The lowest BCUT2D eigenvalue weighted by atomic mass is 9.83. The summed E-state index contributed by atoms with van der Waals surface area (Å²) >= 11 is 0. The minimum atomic E-state index is 0.0911. The van der Waals surface area contributed by atoms with Crippen LogP contribution in [0.4, 0.5) is 0 Å². The number of hydrogen-bond acceptors (Lipinski definition) is 2. The summed E-state index contributed by atoms with van der Waals surface area (Å²) in [5.41, 5.74) is 3.33. The molecule has 0 unspecified atom stereocenters. The summed E-state index contributed by atoms with van der Waals surface area (Å²) in [5, 5.41) is 5.42. The highest BCUT2D eigenvalue weighted by Crippen LogP contribution is 2.33. The molecule has 1 heterocycles. The Morgan fingerprint density at radius 1 is 1.22 bits per heavy atom. The molecule has 0 amide bonds. The van der Waals surface area contributed by atoms with Gasteiger partial charge in [0.2, 0.25) is 0 Å². The van der Waals surface area contributed by atoms with Gasteiger partial charge in [0.25, 0.3) is 0 Å². The highest BCUT2D eigenvalue weighted by molar-refractivity contribution is 5.81. The van der Waals surface area contributed by atoms with Crippen LogP contribution < -0.4 is 0 Å². The van der Waals surface area contributed by atoms with Gasteiger partial charge in [-0.1, -0.05) is 57.8 Å². The zero-order chi connectivity index (χ0) is 13.8. The van der Waals surface area contributed by atoms with Gasteiger partial charge in [0.1, 0.15) is 0 Å². The van der Waals surface area contributed by atoms with Gasteiger partial charge in [-0.3, -0.25) is 0 Å². The number of benzene rings is 1. The molecule has 2 aromatic rings. The van der Waals surface area contributed by atoms with E-state index in [1.807, 2.05) is 19.9 Å². The second-order valence-electron chi connectivity index (χ2n) is 5.16. The Morgan fingerprint density at radius 3 is 2.50 bits per heavy atom. The van der Waals surface area contributed by atoms with Crippen LogP contribution in [0, 0.1) is 6.92 Å².